The molecule has 0 aliphatic rings. The first-order chi connectivity index (χ1) is 9.38. The lowest BCUT2D eigenvalue weighted by Gasteiger charge is -2.18. The Morgan fingerprint density at radius 1 is 1.35 bits per heavy atom. The molecule has 0 fully saturated rings. The van der Waals surface area contributed by atoms with E-state index in [4.69, 9.17) is 0 Å². The van der Waals surface area contributed by atoms with Gasteiger partial charge in [0.1, 0.15) is 0 Å². The number of benzene rings is 1. The lowest BCUT2D eigenvalue weighted by Crippen LogP contribution is -2.39. The highest BCUT2D eigenvalue weighted by molar-refractivity contribution is 5.99. The van der Waals surface area contributed by atoms with E-state index in [0.717, 1.165) is 23.1 Å². The maximum absolute atomic E-state index is 12.3. The number of amides is 1. The molecular formula is C16H23N3O. The summed E-state index contributed by atoms with van der Waals surface area (Å²) in [5.74, 6) is -0.0143. The first kappa shape index (κ1) is 14.6. The summed E-state index contributed by atoms with van der Waals surface area (Å²) in [7, 11) is 4.00. The Balaban J connectivity index is 2.20. The molecule has 108 valence electrons. The zero-order chi connectivity index (χ0) is 14.9. The summed E-state index contributed by atoms with van der Waals surface area (Å²) in [6, 6.07) is 5.93. The van der Waals surface area contributed by atoms with E-state index in [1.807, 2.05) is 46.1 Å². The van der Waals surface area contributed by atoms with Crippen molar-refractivity contribution >= 4 is 16.8 Å². The minimum absolute atomic E-state index is 0.0143. The molecule has 1 atom stereocenters. The lowest BCUT2D eigenvalue weighted by molar-refractivity contribution is 0.0934. The lowest BCUT2D eigenvalue weighted by atomic mass is 10.1. The number of aromatic amines is 1. The minimum atomic E-state index is -0.0143. The van der Waals surface area contributed by atoms with Gasteiger partial charge in [-0.1, -0.05) is 0 Å². The van der Waals surface area contributed by atoms with Crippen LogP contribution in [0.15, 0.2) is 18.2 Å². The van der Waals surface area contributed by atoms with Crippen molar-refractivity contribution in [3.05, 3.63) is 35.0 Å². The van der Waals surface area contributed by atoms with E-state index in [9.17, 15) is 4.79 Å². The van der Waals surface area contributed by atoms with E-state index < -0.39 is 0 Å². The third-order valence-corrected chi connectivity index (χ3v) is 3.59. The molecule has 1 aromatic heterocycles. The number of fused-ring (bicyclic) bond motifs is 1. The smallest absolute Gasteiger partial charge is 0.251 e. The van der Waals surface area contributed by atoms with Gasteiger partial charge in [0, 0.05) is 34.7 Å². The van der Waals surface area contributed by atoms with E-state index >= 15 is 0 Å². The quantitative estimate of drug-likeness (QED) is 0.899. The number of nitrogens with zero attached hydrogens (tertiary/aromatic N) is 1. The molecule has 20 heavy (non-hydrogen) atoms. The number of aromatic nitrogens is 1. The van der Waals surface area contributed by atoms with Crippen LogP contribution in [0.3, 0.4) is 0 Å². The zero-order valence-corrected chi connectivity index (χ0v) is 12.9. The van der Waals surface area contributed by atoms with Crippen molar-refractivity contribution in [3.8, 4) is 0 Å². The second-order valence-electron chi connectivity index (χ2n) is 5.77. The van der Waals surface area contributed by atoms with Gasteiger partial charge >= 0.3 is 0 Å². The number of H-pyrrole nitrogens is 1. The third kappa shape index (κ3) is 3.02. The largest absolute Gasteiger partial charge is 0.358 e. The number of nitrogens with one attached hydrogen (secondary N) is 2. The van der Waals surface area contributed by atoms with Gasteiger partial charge in [0.25, 0.3) is 5.91 Å². The fourth-order valence-corrected chi connectivity index (χ4v) is 2.50. The molecular weight excluding hydrogens is 250 g/mol. The normalized spacial score (nSPS) is 12.9. The topological polar surface area (TPSA) is 48.1 Å². The summed E-state index contributed by atoms with van der Waals surface area (Å²) >= 11 is 0. The number of aryl methyl sites for hydroxylation is 2. The SMILES string of the molecule is Cc1[nH]c2ccc(C(=O)NC(C)CN(C)C)cc2c1C. The first-order valence-corrected chi connectivity index (χ1v) is 6.93. The monoisotopic (exact) mass is 273 g/mol. The maximum atomic E-state index is 12.3. The standard InChI is InChI=1S/C16H23N3O/c1-10(9-19(4)5)17-16(20)13-6-7-15-14(8-13)11(2)12(3)18-15/h6-8,10,18H,9H2,1-5H3,(H,17,20). The van der Waals surface area contributed by atoms with Gasteiger partial charge in [-0.2, -0.15) is 0 Å². The number of carbonyl (C=O) groups excluding carboxylic acids is 1. The molecule has 0 bridgehead atoms. The summed E-state index contributed by atoms with van der Waals surface area (Å²) in [5, 5.41) is 4.15. The predicted octanol–water partition coefficient (Wildman–Crippen LogP) is 2.46. The molecule has 4 heteroatoms. The van der Waals surface area contributed by atoms with E-state index in [1.54, 1.807) is 0 Å². The molecule has 0 aliphatic heterocycles. The molecule has 2 N–H and O–H groups in total. The van der Waals surface area contributed by atoms with E-state index in [0.29, 0.717) is 5.56 Å². The molecule has 1 amide bonds. The molecule has 2 rings (SSSR count). The number of hydrogen-bond acceptors (Lipinski definition) is 2. The van der Waals surface area contributed by atoms with Gasteiger partial charge in [-0.3, -0.25) is 4.79 Å². The van der Waals surface area contributed by atoms with Gasteiger partial charge in [0.2, 0.25) is 0 Å². The van der Waals surface area contributed by atoms with Crippen LogP contribution in [0, 0.1) is 13.8 Å². The van der Waals surface area contributed by atoms with Gasteiger partial charge in [-0.15, -0.1) is 0 Å². The summed E-state index contributed by atoms with van der Waals surface area (Å²) in [6.45, 7) is 6.97. The van der Waals surface area contributed by atoms with Crippen LogP contribution in [0.1, 0.15) is 28.5 Å². The Labute approximate surface area is 120 Å². The first-order valence-electron chi connectivity index (χ1n) is 6.93. The van der Waals surface area contributed by atoms with Gasteiger partial charge in [-0.05, 0) is 58.6 Å². The molecule has 0 aliphatic carbocycles. The van der Waals surface area contributed by atoms with Crippen molar-refractivity contribution < 1.29 is 4.79 Å². The predicted molar refractivity (Wildman–Crippen MR) is 83.3 cm³/mol. The Hall–Kier alpha value is -1.81. The molecule has 1 heterocycles. The van der Waals surface area contributed by atoms with Crippen LogP contribution >= 0.6 is 0 Å². The summed E-state index contributed by atoms with van der Waals surface area (Å²) in [6.07, 6.45) is 0. The molecule has 2 aromatic rings. The zero-order valence-electron chi connectivity index (χ0n) is 12.9. The Morgan fingerprint density at radius 3 is 2.70 bits per heavy atom. The number of rotatable bonds is 4. The van der Waals surface area contributed by atoms with E-state index in [-0.39, 0.29) is 11.9 Å². The van der Waals surface area contributed by atoms with Crippen LogP contribution < -0.4 is 5.32 Å². The second kappa shape index (κ2) is 5.67. The molecule has 1 aromatic carbocycles. The molecule has 0 saturated carbocycles. The van der Waals surface area contributed by atoms with Crippen molar-refractivity contribution in [1.29, 1.82) is 0 Å². The summed E-state index contributed by atoms with van der Waals surface area (Å²) in [5.41, 5.74) is 4.15. The number of likely N-dealkylation sites (N-methyl/N-ethyl adjacent to an activating group) is 1. The van der Waals surface area contributed by atoms with Crippen molar-refractivity contribution in [3.63, 3.8) is 0 Å². The molecule has 0 saturated heterocycles. The molecule has 4 nitrogen and oxygen atoms in total. The van der Waals surface area contributed by atoms with Crippen LogP contribution in [0.5, 0.6) is 0 Å². The van der Waals surface area contributed by atoms with Crippen LogP contribution in [0.2, 0.25) is 0 Å². The van der Waals surface area contributed by atoms with Crippen molar-refractivity contribution in [2.24, 2.45) is 0 Å². The van der Waals surface area contributed by atoms with Gasteiger partial charge < -0.3 is 15.2 Å². The van der Waals surface area contributed by atoms with E-state index in [1.165, 1.54) is 5.56 Å². The molecule has 0 radical (unpaired) electrons. The Bertz CT molecular complexity index is 628. The van der Waals surface area contributed by atoms with Crippen LogP contribution in [-0.4, -0.2) is 42.5 Å². The Kier molecular flexibility index (Phi) is 4.14. The highest BCUT2D eigenvalue weighted by Gasteiger charge is 2.12. The molecule has 1 unspecified atom stereocenters. The Morgan fingerprint density at radius 2 is 2.05 bits per heavy atom. The summed E-state index contributed by atoms with van der Waals surface area (Å²) in [4.78, 5) is 17.6. The number of carbonyl (C=O) groups is 1. The van der Waals surface area contributed by atoms with Gasteiger partial charge in [-0.25, -0.2) is 0 Å². The average Bonchev–Trinajstić information content (AvgIpc) is 2.63. The van der Waals surface area contributed by atoms with Gasteiger partial charge in [0.05, 0.1) is 0 Å². The molecule has 0 spiro atoms. The van der Waals surface area contributed by atoms with Crippen LogP contribution in [-0.2, 0) is 0 Å². The third-order valence-electron chi connectivity index (χ3n) is 3.59. The van der Waals surface area contributed by atoms with Crippen LogP contribution in [0.4, 0.5) is 0 Å². The van der Waals surface area contributed by atoms with Crippen LogP contribution in [0.25, 0.3) is 10.9 Å². The number of hydrogen-bond donors (Lipinski definition) is 2. The fraction of sp³-hybridized carbons (Fsp3) is 0.438. The highest BCUT2D eigenvalue weighted by atomic mass is 16.1. The maximum Gasteiger partial charge on any atom is 0.251 e. The average molecular weight is 273 g/mol. The van der Waals surface area contributed by atoms with Crippen molar-refractivity contribution in [2.45, 2.75) is 26.8 Å². The van der Waals surface area contributed by atoms with E-state index in [2.05, 4.69) is 22.1 Å². The summed E-state index contributed by atoms with van der Waals surface area (Å²) < 4.78 is 0. The van der Waals surface area contributed by atoms with Crippen molar-refractivity contribution in [2.75, 3.05) is 20.6 Å². The highest BCUT2D eigenvalue weighted by Crippen LogP contribution is 2.22. The second-order valence-corrected chi connectivity index (χ2v) is 5.77. The fourth-order valence-electron chi connectivity index (χ4n) is 2.50. The van der Waals surface area contributed by atoms with Gasteiger partial charge in [0.15, 0.2) is 0 Å². The minimum Gasteiger partial charge on any atom is -0.358 e. The van der Waals surface area contributed by atoms with Crippen molar-refractivity contribution in [1.82, 2.24) is 15.2 Å².